The van der Waals surface area contributed by atoms with Gasteiger partial charge in [-0.2, -0.15) is 0 Å². The zero-order chi connectivity index (χ0) is 23.0. The molecule has 0 atom stereocenters. The number of nitrogens with zero attached hydrogens (tertiary/aromatic N) is 2. The van der Waals surface area contributed by atoms with Crippen LogP contribution in [0.15, 0.2) is 54.7 Å². The van der Waals surface area contributed by atoms with Crippen molar-refractivity contribution in [3.05, 3.63) is 60.3 Å². The molecule has 1 aliphatic heterocycles. The summed E-state index contributed by atoms with van der Waals surface area (Å²) in [5, 5.41) is 8.80. The van der Waals surface area contributed by atoms with Gasteiger partial charge in [0.25, 0.3) is 5.91 Å². The lowest BCUT2D eigenvalue weighted by atomic mass is 10.0. The van der Waals surface area contributed by atoms with Crippen LogP contribution in [-0.4, -0.2) is 38.5 Å². The molecule has 1 aromatic heterocycles. The molecular formula is C22H21N5O4S. The molecule has 3 aromatic rings. The number of carbonyl (C=O) groups is 2. The van der Waals surface area contributed by atoms with Crippen LogP contribution in [0.25, 0.3) is 11.1 Å². The fourth-order valence-corrected chi connectivity index (χ4v) is 3.88. The molecule has 0 saturated heterocycles. The number of rotatable bonds is 4. The molecule has 4 rings (SSSR count). The van der Waals surface area contributed by atoms with Crippen molar-refractivity contribution in [2.24, 2.45) is 0 Å². The quantitative estimate of drug-likeness (QED) is 0.559. The number of nitrogens with one attached hydrogen (secondary N) is 3. The van der Waals surface area contributed by atoms with Crippen LogP contribution in [0.2, 0.25) is 0 Å². The number of amides is 2. The summed E-state index contributed by atoms with van der Waals surface area (Å²) in [5.74, 6) is -0.233. The van der Waals surface area contributed by atoms with Crippen LogP contribution in [-0.2, 0) is 14.8 Å². The molecular weight excluding hydrogens is 430 g/mol. The monoisotopic (exact) mass is 451 g/mol. The van der Waals surface area contributed by atoms with E-state index in [0.29, 0.717) is 39.4 Å². The highest BCUT2D eigenvalue weighted by Gasteiger charge is 2.22. The van der Waals surface area contributed by atoms with Crippen LogP contribution in [0.4, 0.5) is 28.6 Å². The first kappa shape index (κ1) is 21.3. The summed E-state index contributed by atoms with van der Waals surface area (Å²) < 4.78 is 25.2. The van der Waals surface area contributed by atoms with Crippen molar-refractivity contribution < 1.29 is 18.0 Å². The molecule has 9 nitrogen and oxygen atoms in total. The van der Waals surface area contributed by atoms with Crippen molar-refractivity contribution in [3.63, 3.8) is 0 Å². The summed E-state index contributed by atoms with van der Waals surface area (Å²) in [6.45, 7) is 1.41. The minimum absolute atomic E-state index is 0.211. The van der Waals surface area contributed by atoms with Gasteiger partial charge in [0.05, 0.1) is 28.9 Å². The average molecular weight is 452 g/mol. The molecule has 164 valence electrons. The molecule has 2 aromatic carbocycles. The van der Waals surface area contributed by atoms with Gasteiger partial charge in [0.1, 0.15) is 5.82 Å². The second-order valence-corrected chi connectivity index (χ2v) is 9.40. The molecule has 0 bridgehead atoms. The highest BCUT2D eigenvalue weighted by Crippen LogP contribution is 2.37. The number of anilines is 5. The predicted octanol–water partition coefficient (Wildman–Crippen LogP) is 3.41. The minimum Gasteiger partial charge on any atom is -0.353 e. The molecule has 2 amide bonds. The first-order chi connectivity index (χ1) is 15.1. The Labute approximate surface area is 185 Å². The van der Waals surface area contributed by atoms with Crippen molar-refractivity contribution >= 4 is 50.4 Å². The van der Waals surface area contributed by atoms with Crippen LogP contribution in [0.3, 0.4) is 0 Å². The van der Waals surface area contributed by atoms with E-state index in [1.165, 1.54) is 20.2 Å². The van der Waals surface area contributed by atoms with E-state index in [2.05, 4.69) is 20.9 Å². The summed E-state index contributed by atoms with van der Waals surface area (Å²) >= 11 is 0. The Hall–Kier alpha value is -3.92. The van der Waals surface area contributed by atoms with Crippen molar-refractivity contribution in [2.75, 3.05) is 33.6 Å². The topological polar surface area (TPSA) is 120 Å². The summed E-state index contributed by atoms with van der Waals surface area (Å²) in [5.41, 5.74) is 4.03. The number of aromatic nitrogens is 1. The van der Waals surface area contributed by atoms with E-state index in [9.17, 15) is 18.0 Å². The van der Waals surface area contributed by atoms with Gasteiger partial charge in [-0.25, -0.2) is 13.4 Å². The minimum atomic E-state index is -3.51. The van der Waals surface area contributed by atoms with Crippen molar-refractivity contribution in [1.82, 2.24) is 4.98 Å². The normalized spacial score (nSPS) is 12.5. The number of benzene rings is 2. The Balaban J connectivity index is 1.77. The standard InChI is InChI=1S/C22H21N5O4S/c1-13(28)24-15-7-9-18-20(12-15)26-22(29)17-8-6-14(11-19(17)25-18)16-5-4-10-23-21(16)27(2)32(3,30)31/h4-12,25H,1-3H3,(H,24,28)(H,26,29). The van der Waals surface area contributed by atoms with Crippen molar-refractivity contribution in [1.29, 1.82) is 0 Å². The molecule has 3 N–H and O–H groups in total. The summed E-state index contributed by atoms with van der Waals surface area (Å²) in [7, 11) is -2.07. The maximum absolute atomic E-state index is 12.8. The van der Waals surface area contributed by atoms with E-state index in [4.69, 9.17) is 0 Å². The maximum atomic E-state index is 12.8. The largest absolute Gasteiger partial charge is 0.353 e. The number of hydrogen-bond acceptors (Lipinski definition) is 6. The van der Waals surface area contributed by atoms with E-state index in [1.54, 1.807) is 48.5 Å². The zero-order valence-electron chi connectivity index (χ0n) is 17.6. The van der Waals surface area contributed by atoms with Gasteiger partial charge < -0.3 is 16.0 Å². The van der Waals surface area contributed by atoms with Crippen molar-refractivity contribution in [3.8, 4) is 11.1 Å². The van der Waals surface area contributed by atoms with Gasteiger partial charge in [0.15, 0.2) is 0 Å². The number of hydrogen-bond donors (Lipinski definition) is 3. The first-order valence-corrected chi connectivity index (χ1v) is 11.5. The Kier molecular flexibility index (Phi) is 5.31. The molecule has 0 spiro atoms. The third-order valence-corrected chi connectivity index (χ3v) is 6.18. The third kappa shape index (κ3) is 4.12. The van der Waals surface area contributed by atoms with E-state index in [-0.39, 0.29) is 17.6 Å². The fourth-order valence-electron chi connectivity index (χ4n) is 3.42. The van der Waals surface area contributed by atoms with E-state index in [0.717, 1.165) is 10.6 Å². The molecule has 0 unspecified atom stereocenters. The molecule has 0 radical (unpaired) electrons. The van der Waals surface area contributed by atoms with Crippen LogP contribution < -0.4 is 20.3 Å². The number of pyridine rings is 1. The predicted molar refractivity (Wildman–Crippen MR) is 125 cm³/mol. The van der Waals surface area contributed by atoms with E-state index >= 15 is 0 Å². The van der Waals surface area contributed by atoms with Gasteiger partial charge in [-0.15, -0.1) is 0 Å². The lowest BCUT2D eigenvalue weighted by Crippen LogP contribution is -2.26. The molecule has 0 fully saturated rings. The smallest absolute Gasteiger partial charge is 0.257 e. The van der Waals surface area contributed by atoms with Gasteiger partial charge in [-0.3, -0.25) is 13.9 Å². The first-order valence-electron chi connectivity index (χ1n) is 9.67. The van der Waals surface area contributed by atoms with Crippen LogP contribution in [0.5, 0.6) is 0 Å². The number of fused-ring (bicyclic) bond motifs is 2. The molecule has 32 heavy (non-hydrogen) atoms. The summed E-state index contributed by atoms with van der Waals surface area (Å²) in [6, 6.07) is 13.9. The highest BCUT2D eigenvalue weighted by atomic mass is 32.2. The van der Waals surface area contributed by atoms with Crippen molar-refractivity contribution in [2.45, 2.75) is 6.92 Å². The molecule has 10 heteroatoms. The lowest BCUT2D eigenvalue weighted by Gasteiger charge is -2.19. The van der Waals surface area contributed by atoms with Gasteiger partial charge >= 0.3 is 0 Å². The highest BCUT2D eigenvalue weighted by molar-refractivity contribution is 7.92. The Morgan fingerprint density at radius 3 is 2.50 bits per heavy atom. The average Bonchev–Trinajstić information content (AvgIpc) is 2.87. The number of carbonyl (C=O) groups excluding carboxylic acids is 2. The van der Waals surface area contributed by atoms with Crippen LogP contribution in [0.1, 0.15) is 17.3 Å². The van der Waals surface area contributed by atoms with Crippen LogP contribution >= 0.6 is 0 Å². The fraction of sp³-hybridized carbons (Fsp3) is 0.136. The molecule has 0 aliphatic carbocycles. The van der Waals surface area contributed by atoms with E-state index < -0.39 is 10.0 Å². The van der Waals surface area contributed by atoms with Gasteiger partial charge in [-0.1, -0.05) is 6.07 Å². The molecule has 2 heterocycles. The maximum Gasteiger partial charge on any atom is 0.257 e. The zero-order valence-corrected chi connectivity index (χ0v) is 18.4. The SMILES string of the molecule is CC(=O)Nc1ccc2c(c1)NC(=O)c1ccc(-c3cccnc3N(C)S(C)(=O)=O)cc1N2. The number of sulfonamides is 1. The summed E-state index contributed by atoms with van der Waals surface area (Å²) in [4.78, 5) is 28.4. The van der Waals surface area contributed by atoms with E-state index in [1.807, 2.05) is 0 Å². The van der Waals surface area contributed by atoms with Gasteiger partial charge in [0, 0.05) is 31.4 Å². The second-order valence-electron chi connectivity index (χ2n) is 7.39. The molecule has 0 saturated carbocycles. The third-order valence-electron chi connectivity index (χ3n) is 5.02. The van der Waals surface area contributed by atoms with Gasteiger partial charge in [0.2, 0.25) is 15.9 Å². The summed E-state index contributed by atoms with van der Waals surface area (Å²) in [6.07, 6.45) is 2.64. The Bertz CT molecular complexity index is 1350. The second kappa shape index (κ2) is 7.97. The Morgan fingerprint density at radius 2 is 1.78 bits per heavy atom. The lowest BCUT2D eigenvalue weighted by molar-refractivity contribution is -0.114. The van der Waals surface area contributed by atoms with Gasteiger partial charge in [-0.05, 0) is 48.0 Å². The molecule has 1 aliphatic rings. The Morgan fingerprint density at radius 1 is 1.00 bits per heavy atom. The van der Waals surface area contributed by atoms with Crippen LogP contribution in [0, 0.1) is 0 Å².